The zero-order valence-corrected chi connectivity index (χ0v) is 12.4. The van der Waals surface area contributed by atoms with E-state index in [-0.39, 0.29) is 6.03 Å². The molecule has 1 aromatic carbocycles. The monoisotopic (exact) mass is 284 g/mol. The number of nitrogens with zero attached hydrogens (tertiary/aromatic N) is 2. The van der Waals surface area contributed by atoms with Gasteiger partial charge in [-0.25, -0.2) is 9.48 Å². The first-order valence-electron chi connectivity index (χ1n) is 7.30. The van der Waals surface area contributed by atoms with E-state index >= 15 is 0 Å². The summed E-state index contributed by atoms with van der Waals surface area (Å²) >= 11 is 0. The van der Waals surface area contributed by atoms with Gasteiger partial charge in [-0.05, 0) is 38.8 Å². The highest BCUT2D eigenvalue weighted by Crippen LogP contribution is 2.19. The highest BCUT2D eigenvalue weighted by molar-refractivity contribution is 5.74. The minimum atomic E-state index is -0.0937. The summed E-state index contributed by atoms with van der Waals surface area (Å²) < 4.78 is 1.92. The molecule has 2 aromatic rings. The van der Waals surface area contributed by atoms with Gasteiger partial charge in [0.2, 0.25) is 0 Å². The molecule has 1 aliphatic carbocycles. The molecule has 1 aromatic heterocycles. The summed E-state index contributed by atoms with van der Waals surface area (Å²) in [6.07, 6.45) is 2.19. The molecule has 2 amide bonds. The third-order valence-electron chi connectivity index (χ3n) is 3.78. The van der Waals surface area contributed by atoms with Crippen molar-refractivity contribution in [1.29, 1.82) is 0 Å². The number of hydrogen-bond donors (Lipinski definition) is 2. The standard InChI is InChI=1S/C16H20N4O/c1-11-15(10-17-16(21)18-13-8-9-13)12(2)20(19-11)14-6-4-3-5-7-14/h3-7,13H,8-10H2,1-2H3,(H2,17,18,21). The lowest BCUT2D eigenvalue weighted by Gasteiger charge is -2.08. The predicted molar refractivity (Wildman–Crippen MR) is 81.4 cm³/mol. The number of rotatable bonds is 4. The lowest BCUT2D eigenvalue weighted by atomic mass is 10.2. The lowest BCUT2D eigenvalue weighted by molar-refractivity contribution is 0.240. The van der Waals surface area contributed by atoms with E-state index in [0.29, 0.717) is 12.6 Å². The molecule has 5 heteroatoms. The highest BCUT2D eigenvalue weighted by atomic mass is 16.2. The molecule has 0 spiro atoms. The maximum Gasteiger partial charge on any atom is 0.315 e. The SMILES string of the molecule is Cc1nn(-c2ccccc2)c(C)c1CNC(=O)NC1CC1. The Morgan fingerprint density at radius 1 is 1.29 bits per heavy atom. The number of urea groups is 1. The molecule has 5 nitrogen and oxygen atoms in total. The molecule has 3 rings (SSSR count). The molecule has 1 saturated carbocycles. The number of benzene rings is 1. The number of carbonyl (C=O) groups excluding carboxylic acids is 1. The normalized spacial score (nSPS) is 14.0. The van der Waals surface area contributed by atoms with Gasteiger partial charge in [-0.3, -0.25) is 0 Å². The second-order valence-corrected chi connectivity index (χ2v) is 5.50. The van der Waals surface area contributed by atoms with Gasteiger partial charge in [0.05, 0.1) is 11.4 Å². The topological polar surface area (TPSA) is 59.0 Å². The van der Waals surface area contributed by atoms with Gasteiger partial charge in [0.25, 0.3) is 0 Å². The van der Waals surface area contributed by atoms with E-state index in [1.807, 2.05) is 48.9 Å². The highest BCUT2D eigenvalue weighted by Gasteiger charge is 2.23. The van der Waals surface area contributed by atoms with Crippen molar-refractivity contribution in [2.24, 2.45) is 0 Å². The molecule has 0 radical (unpaired) electrons. The molecule has 0 aliphatic heterocycles. The van der Waals surface area contributed by atoms with Crippen molar-refractivity contribution in [1.82, 2.24) is 20.4 Å². The predicted octanol–water partition coefficient (Wildman–Crippen LogP) is 2.45. The fourth-order valence-electron chi connectivity index (χ4n) is 2.38. The van der Waals surface area contributed by atoms with E-state index in [4.69, 9.17) is 0 Å². The molecular weight excluding hydrogens is 264 g/mol. The summed E-state index contributed by atoms with van der Waals surface area (Å²) in [4.78, 5) is 11.7. The maximum absolute atomic E-state index is 11.7. The molecule has 21 heavy (non-hydrogen) atoms. The number of para-hydroxylation sites is 1. The van der Waals surface area contributed by atoms with E-state index in [2.05, 4.69) is 15.7 Å². The average molecular weight is 284 g/mol. The molecule has 110 valence electrons. The number of amides is 2. The molecule has 0 saturated heterocycles. The van der Waals surface area contributed by atoms with Crippen LogP contribution < -0.4 is 10.6 Å². The Morgan fingerprint density at radius 2 is 2.00 bits per heavy atom. The molecule has 0 unspecified atom stereocenters. The quantitative estimate of drug-likeness (QED) is 0.906. The molecule has 1 aliphatic rings. The Balaban J connectivity index is 1.73. The first-order chi connectivity index (χ1) is 10.1. The minimum absolute atomic E-state index is 0.0937. The van der Waals surface area contributed by atoms with Crippen LogP contribution in [-0.4, -0.2) is 21.9 Å². The maximum atomic E-state index is 11.7. The number of hydrogen-bond acceptors (Lipinski definition) is 2. The summed E-state index contributed by atoms with van der Waals surface area (Å²) in [5.41, 5.74) is 4.12. The van der Waals surface area contributed by atoms with Crippen LogP contribution >= 0.6 is 0 Å². The van der Waals surface area contributed by atoms with Gasteiger partial charge in [0.15, 0.2) is 0 Å². The van der Waals surface area contributed by atoms with Crippen LogP contribution in [0.3, 0.4) is 0 Å². The summed E-state index contributed by atoms with van der Waals surface area (Å²) in [5, 5.41) is 10.4. The van der Waals surface area contributed by atoms with Gasteiger partial charge in [-0.15, -0.1) is 0 Å². The van der Waals surface area contributed by atoms with Crippen LogP contribution in [0.15, 0.2) is 30.3 Å². The van der Waals surface area contributed by atoms with Gasteiger partial charge >= 0.3 is 6.03 Å². The fourth-order valence-corrected chi connectivity index (χ4v) is 2.38. The lowest BCUT2D eigenvalue weighted by Crippen LogP contribution is -2.36. The first-order valence-corrected chi connectivity index (χ1v) is 7.30. The Labute approximate surface area is 124 Å². The van der Waals surface area contributed by atoms with Gasteiger partial charge in [-0.1, -0.05) is 18.2 Å². The van der Waals surface area contributed by atoms with Crippen LogP contribution in [0, 0.1) is 13.8 Å². The summed E-state index contributed by atoms with van der Waals surface area (Å²) in [5.74, 6) is 0. The molecular formula is C16H20N4O. The van der Waals surface area contributed by atoms with Gasteiger partial charge in [-0.2, -0.15) is 5.10 Å². The molecule has 1 fully saturated rings. The zero-order valence-electron chi connectivity index (χ0n) is 12.4. The van der Waals surface area contributed by atoms with Crippen LogP contribution in [-0.2, 0) is 6.54 Å². The Bertz CT molecular complexity index is 644. The number of aryl methyl sites for hydroxylation is 1. The summed E-state index contributed by atoms with van der Waals surface area (Å²) in [6.45, 7) is 4.51. The summed E-state index contributed by atoms with van der Waals surface area (Å²) in [6, 6.07) is 10.3. The van der Waals surface area contributed by atoms with Crippen LogP contribution in [0.4, 0.5) is 4.79 Å². The third-order valence-corrected chi connectivity index (χ3v) is 3.78. The van der Waals surface area contributed by atoms with Crippen LogP contribution in [0.25, 0.3) is 5.69 Å². The second-order valence-electron chi connectivity index (χ2n) is 5.50. The van der Waals surface area contributed by atoms with Gasteiger partial charge in [0.1, 0.15) is 0 Å². The number of aromatic nitrogens is 2. The number of nitrogens with one attached hydrogen (secondary N) is 2. The largest absolute Gasteiger partial charge is 0.335 e. The molecule has 1 heterocycles. The van der Waals surface area contributed by atoms with Crippen molar-refractivity contribution in [3.63, 3.8) is 0 Å². The zero-order chi connectivity index (χ0) is 14.8. The average Bonchev–Trinajstić information content (AvgIpc) is 3.24. The molecule has 2 N–H and O–H groups in total. The molecule has 0 bridgehead atoms. The van der Waals surface area contributed by atoms with Crippen LogP contribution in [0.2, 0.25) is 0 Å². The van der Waals surface area contributed by atoms with Gasteiger partial charge < -0.3 is 10.6 Å². The van der Waals surface area contributed by atoms with Crippen molar-refractivity contribution in [2.75, 3.05) is 0 Å². The smallest absolute Gasteiger partial charge is 0.315 e. The van der Waals surface area contributed by atoms with Crippen molar-refractivity contribution in [3.05, 3.63) is 47.3 Å². The van der Waals surface area contributed by atoms with Crippen LogP contribution in [0.1, 0.15) is 29.8 Å². The van der Waals surface area contributed by atoms with Crippen molar-refractivity contribution < 1.29 is 4.79 Å². The van der Waals surface area contributed by atoms with Gasteiger partial charge in [0, 0.05) is 23.8 Å². The van der Waals surface area contributed by atoms with E-state index in [1.54, 1.807) is 0 Å². The second kappa shape index (κ2) is 5.60. The van der Waals surface area contributed by atoms with Crippen molar-refractivity contribution >= 4 is 6.03 Å². The Morgan fingerprint density at radius 3 is 2.67 bits per heavy atom. The Kier molecular flexibility index (Phi) is 3.64. The van der Waals surface area contributed by atoms with E-state index in [0.717, 1.165) is 35.5 Å². The Hall–Kier alpha value is -2.30. The molecule has 0 atom stereocenters. The van der Waals surface area contributed by atoms with E-state index < -0.39 is 0 Å². The van der Waals surface area contributed by atoms with E-state index in [9.17, 15) is 4.79 Å². The minimum Gasteiger partial charge on any atom is -0.335 e. The number of carbonyl (C=O) groups is 1. The third kappa shape index (κ3) is 3.07. The van der Waals surface area contributed by atoms with Crippen molar-refractivity contribution in [2.45, 2.75) is 39.3 Å². The summed E-state index contributed by atoms with van der Waals surface area (Å²) in [7, 11) is 0. The van der Waals surface area contributed by atoms with Crippen molar-refractivity contribution in [3.8, 4) is 5.69 Å². The van der Waals surface area contributed by atoms with E-state index in [1.165, 1.54) is 0 Å². The van der Waals surface area contributed by atoms with Crippen LogP contribution in [0.5, 0.6) is 0 Å². The fraction of sp³-hybridized carbons (Fsp3) is 0.375. The first kappa shape index (κ1) is 13.7.